The van der Waals surface area contributed by atoms with Crippen LogP contribution < -0.4 is 10.2 Å². The number of carbonyl (C=O) groups is 3. The van der Waals surface area contributed by atoms with Gasteiger partial charge in [-0.3, -0.25) is 9.59 Å². The van der Waals surface area contributed by atoms with Gasteiger partial charge >= 0.3 is 5.97 Å². The molecule has 6 nitrogen and oxygen atoms in total. The lowest BCUT2D eigenvalue weighted by Gasteiger charge is -2.36. The minimum absolute atomic E-state index is 0.0871. The molecule has 1 saturated carbocycles. The Morgan fingerprint density at radius 1 is 1.26 bits per heavy atom. The highest BCUT2D eigenvalue weighted by molar-refractivity contribution is 9.10. The number of nitrogens with one attached hydrogen (secondary N) is 1. The van der Waals surface area contributed by atoms with E-state index in [-0.39, 0.29) is 30.8 Å². The first-order valence-corrected chi connectivity index (χ1v) is 10.3. The van der Waals surface area contributed by atoms with Gasteiger partial charge in [0, 0.05) is 17.4 Å². The van der Waals surface area contributed by atoms with Crippen LogP contribution in [0.3, 0.4) is 0 Å². The standard InChI is InChI=1S/C20H25BrN2O4/c1-2-27-19(26)20(10-6-3-7-11-20)22-18(25)14-12-17(24)23(13-14)16-9-5-4-8-15(16)21/h4-5,8-9,14H,2-3,6-7,10-13H2,1H3,(H,22,25)/t14-/m0/s1. The van der Waals surface area contributed by atoms with Crippen LogP contribution in [0, 0.1) is 5.92 Å². The summed E-state index contributed by atoms with van der Waals surface area (Å²) in [5.41, 5.74) is -0.189. The highest BCUT2D eigenvalue weighted by Crippen LogP contribution is 2.33. The van der Waals surface area contributed by atoms with E-state index in [0.29, 0.717) is 19.4 Å². The second kappa shape index (κ2) is 8.42. The highest BCUT2D eigenvalue weighted by Gasteiger charge is 2.45. The number of rotatable bonds is 5. The van der Waals surface area contributed by atoms with Gasteiger partial charge in [0.25, 0.3) is 0 Å². The summed E-state index contributed by atoms with van der Waals surface area (Å²) in [6.45, 7) is 2.36. The van der Waals surface area contributed by atoms with Crippen molar-refractivity contribution in [3.63, 3.8) is 0 Å². The number of carbonyl (C=O) groups excluding carboxylic acids is 3. The van der Waals surface area contributed by atoms with E-state index in [1.807, 2.05) is 24.3 Å². The number of hydrogen-bond donors (Lipinski definition) is 1. The largest absolute Gasteiger partial charge is 0.464 e. The Bertz CT molecular complexity index is 730. The normalized spacial score (nSPS) is 21.8. The third-order valence-electron chi connectivity index (χ3n) is 5.37. The first-order valence-electron chi connectivity index (χ1n) is 9.51. The van der Waals surface area contributed by atoms with E-state index in [4.69, 9.17) is 4.74 Å². The zero-order valence-electron chi connectivity index (χ0n) is 15.5. The van der Waals surface area contributed by atoms with Crippen LogP contribution in [-0.4, -0.2) is 36.5 Å². The molecule has 1 aromatic carbocycles. The van der Waals surface area contributed by atoms with Gasteiger partial charge in [0.1, 0.15) is 5.54 Å². The lowest BCUT2D eigenvalue weighted by molar-refractivity contribution is -0.155. The fourth-order valence-electron chi connectivity index (χ4n) is 3.93. The first kappa shape index (κ1) is 19.9. The maximum Gasteiger partial charge on any atom is 0.331 e. The SMILES string of the molecule is CCOC(=O)C1(NC(=O)[C@H]2CC(=O)N(c3ccccc3Br)C2)CCCCC1. The van der Waals surface area contributed by atoms with Gasteiger partial charge in [-0.05, 0) is 47.8 Å². The van der Waals surface area contributed by atoms with Gasteiger partial charge in [0.2, 0.25) is 11.8 Å². The van der Waals surface area contributed by atoms with Gasteiger partial charge < -0.3 is 15.0 Å². The van der Waals surface area contributed by atoms with Crippen LogP contribution >= 0.6 is 15.9 Å². The van der Waals surface area contributed by atoms with Gasteiger partial charge in [0.15, 0.2) is 0 Å². The fourth-order valence-corrected chi connectivity index (χ4v) is 4.43. The highest BCUT2D eigenvalue weighted by atomic mass is 79.9. The average Bonchev–Trinajstić information content (AvgIpc) is 3.05. The molecule has 2 fully saturated rings. The third-order valence-corrected chi connectivity index (χ3v) is 6.05. The fraction of sp³-hybridized carbons (Fsp3) is 0.550. The molecule has 2 amide bonds. The first-order chi connectivity index (χ1) is 13.0. The minimum atomic E-state index is -0.949. The predicted octanol–water partition coefficient (Wildman–Crippen LogP) is 3.18. The molecule has 7 heteroatoms. The maximum absolute atomic E-state index is 12.9. The van der Waals surface area contributed by atoms with Crippen LogP contribution in [0.5, 0.6) is 0 Å². The van der Waals surface area contributed by atoms with Crippen molar-refractivity contribution in [2.45, 2.75) is 51.0 Å². The Morgan fingerprint density at radius 3 is 2.63 bits per heavy atom. The van der Waals surface area contributed by atoms with Crippen molar-refractivity contribution in [1.29, 1.82) is 0 Å². The van der Waals surface area contributed by atoms with Crippen LogP contribution in [0.25, 0.3) is 0 Å². The monoisotopic (exact) mass is 436 g/mol. The maximum atomic E-state index is 12.9. The van der Waals surface area contributed by atoms with E-state index in [9.17, 15) is 14.4 Å². The van der Waals surface area contributed by atoms with Crippen molar-refractivity contribution in [3.8, 4) is 0 Å². The Labute approximate surface area is 167 Å². The lowest BCUT2D eigenvalue weighted by atomic mass is 9.81. The van der Waals surface area contributed by atoms with E-state index < -0.39 is 11.5 Å². The molecule has 2 aliphatic rings. The number of benzene rings is 1. The molecule has 1 aromatic rings. The topological polar surface area (TPSA) is 75.7 Å². The Kier molecular flexibility index (Phi) is 6.19. The molecule has 1 heterocycles. The predicted molar refractivity (Wildman–Crippen MR) is 105 cm³/mol. The van der Waals surface area contributed by atoms with Gasteiger partial charge in [-0.15, -0.1) is 0 Å². The quantitative estimate of drug-likeness (QED) is 0.719. The molecule has 1 aliphatic carbocycles. The molecule has 1 N–H and O–H groups in total. The minimum Gasteiger partial charge on any atom is -0.464 e. The number of anilines is 1. The molecule has 1 atom stereocenters. The Morgan fingerprint density at radius 2 is 1.96 bits per heavy atom. The molecule has 0 aromatic heterocycles. The molecule has 1 aliphatic heterocycles. The van der Waals surface area contributed by atoms with E-state index in [1.165, 1.54) is 0 Å². The molecule has 0 bridgehead atoms. The van der Waals surface area contributed by atoms with E-state index >= 15 is 0 Å². The summed E-state index contributed by atoms with van der Waals surface area (Å²) in [5, 5.41) is 2.96. The van der Waals surface area contributed by atoms with Crippen molar-refractivity contribution in [1.82, 2.24) is 5.32 Å². The van der Waals surface area contributed by atoms with Crippen LogP contribution in [0.15, 0.2) is 28.7 Å². The summed E-state index contributed by atoms with van der Waals surface area (Å²) in [6, 6.07) is 7.46. The average molecular weight is 437 g/mol. The number of amides is 2. The van der Waals surface area contributed by atoms with E-state index in [2.05, 4.69) is 21.2 Å². The van der Waals surface area contributed by atoms with Gasteiger partial charge in [-0.2, -0.15) is 0 Å². The zero-order chi connectivity index (χ0) is 19.4. The van der Waals surface area contributed by atoms with Crippen LogP contribution in [0.1, 0.15) is 45.4 Å². The molecule has 3 rings (SSSR count). The molecule has 1 saturated heterocycles. The van der Waals surface area contributed by atoms with Gasteiger partial charge in [-0.1, -0.05) is 31.4 Å². The molecule has 146 valence electrons. The number of halogens is 1. The zero-order valence-corrected chi connectivity index (χ0v) is 17.1. The summed E-state index contributed by atoms with van der Waals surface area (Å²) < 4.78 is 6.05. The molecule has 0 unspecified atom stereocenters. The van der Waals surface area contributed by atoms with E-state index in [0.717, 1.165) is 29.4 Å². The van der Waals surface area contributed by atoms with E-state index in [1.54, 1.807) is 11.8 Å². The summed E-state index contributed by atoms with van der Waals surface area (Å²) in [4.78, 5) is 39.6. The van der Waals surface area contributed by atoms with Crippen LogP contribution in [0.4, 0.5) is 5.69 Å². The van der Waals surface area contributed by atoms with Crippen LogP contribution in [-0.2, 0) is 19.1 Å². The van der Waals surface area contributed by atoms with Crippen molar-refractivity contribution in [3.05, 3.63) is 28.7 Å². The summed E-state index contributed by atoms with van der Waals surface area (Å²) in [5.74, 6) is -1.16. The van der Waals surface area contributed by atoms with Gasteiger partial charge in [-0.25, -0.2) is 4.79 Å². The third kappa shape index (κ3) is 4.18. The van der Waals surface area contributed by atoms with Crippen molar-refractivity contribution < 1.29 is 19.1 Å². The number of ether oxygens (including phenoxy) is 1. The molecule has 27 heavy (non-hydrogen) atoms. The molecule has 0 spiro atoms. The Hall–Kier alpha value is -1.89. The Balaban J connectivity index is 1.73. The summed E-state index contributed by atoms with van der Waals surface area (Å²) >= 11 is 3.46. The number of para-hydroxylation sites is 1. The molecular weight excluding hydrogens is 412 g/mol. The summed E-state index contributed by atoms with van der Waals surface area (Å²) in [7, 11) is 0. The number of nitrogens with zero attached hydrogens (tertiary/aromatic N) is 1. The van der Waals surface area contributed by atoms with Crippen molar-refractivity contribution >= 4 is 39.4 Å². The molecule has 0 radical (unpaired) electrons. The van der Waals surface area contributed by atoms with Crippen molar-refractivity contribution in [2.24, 2.45) is 5.92 Å². The lowest BCUT2D eigenvalue weighted by Crippen LogP contribution is -2.57. The van der Waals surface area contributed by atoms with Crippen LogP contribution in [0.2, 0.25) is 0 Å². The number of esters is 1. The second-order valence-corrected chi connectivity index (χ2v) is 8.06. The second-order valence-electron chi connectivity index (χ2n) is 7.21. The van der Waals surface area contributed by atoms with Gasteiger partial charge in [0.05, 0.1) is 18.2 Å². The smallest absolute Gasteiger partial charge is 0.331 e. The number of hydrogen-bond acceptors (Lipinski definition) is 4. The summed E-state index contributed by atoms with van der Waals surface area (Å²) in [6.07, 6.45) is 4.14. The van der Waals surface area contributed by atoms with Crippen molar-refractivity contribution in [2.75, 3.05) is 18.1 Å². The molecular formula is C20H25BrN2O4.